The number of fused-ring (bicyclic) bond motifs is 2. The molecule has 7 N–H and O–H groups in total. The maximum Gasteiger partial charge on any atom is 0.352 e. The maximum atomic E-state index is 13.1. The second-order valence-corrected chi connectivity index (χ2v) is 11.0. The van der Waals surface area contributed by atoms with E-state index in [4.69, 9.17) is 16.3 Å². The average molecular weight is 589 g/mol. The standard InChI is InChI=1S/C23H28N10O5S2/c1-38-30-16(13-11-40-23(25)27-13)19(34)28-17-20(35)33-18(22(36)37)12(10-39-21(17)33)9-31-7-8-32-15(31)4-3-14(29-32)26-6-2-5-24/h4,7-8,11,17,21H,2-3,5-6,9-10,24H2,1H3,(H2,25,27)(H,26,29)(H,28,34)(H,36,37)/t17-,21-/m0/s1. The monoisotopic (exact) mass is 588 g/mol. The number of aromatic nitrogens is 1. The van der Waals surface area contributed by atoms with Gasteiger partial charge in [-0.3, -0.25) is 24.9 Å². The molecule has 0 spiro atoms. The summed E-state index contributed by atoms with van der Waals surface area (Å²) in [4.78, 5) is 54.9. The molecule has 212 valence electrons. The van der Waals surface area contributed by atoms with Crippen LogP contribution in [0.1, 0.15) is 18.5 Å². The smallest absolute Gasteiger partial charge is 0.352 e. The topological polar surface area (TPSA) is 204 Å². The van der Waals surface area contributed by atoms with Crippen molar-refractivity contribution < 1.29 is 24.3 Å². The molecule has 1 fully saturated rings. The summed E-state index contributed by atoms with van der Waals surface area (Å²) in [5, 5.41) is 19.5. The van der Waals surface area contributed by atoms with E-state index in [1.54, 1.807) is 5.38 Å². The van der Waals surface area contributed by atoms with Gasteiger partial charge in [0.05, 0.1) is 0 Å². The normalized spacial score (nSPS) is 23.0. The second kappa shape index (κ2) is 11.6. The van der Waals surface area contributed by atoms with Crippen LogP contribution in [0, 0.1) is 0 Å². The number of carbonyl (C=O) groups is 3. The Bertz CT molecular complexity index is 1370. The largest absolute Gasteiger partial charge is 0.477 e. The zero-order chi connectivity index (χ0) is 28.4. The molecule has 0 aromatic carbocycles. The summed E-state index contributed by atoms with van der Waals surface area (Å²) in [6, 6.07) is -0.934. The van der Waals surface area contributed by atoms with Crippen LogP contribution in [0.25, 0.3) is 0 Å². The molecule has 0 aliphatic carbocycles. The minimum atomic E-state index is -1.21. The van der Waals surface area contributed by atoms with Crippen LogP contribution in [0.4, 0.5) is 5.13 Å². The minimum absolute atomic E-state index is 0.0717. The molecule has 17 heteroatoms. The molecule has 0 saturated carbocycles. The number of nitrogens with one attached hydrogen (secondary N) is 2. The van der Waals surface area contributed by atoms with Gasteiger partial charge in [0, 0.05) is 43.0 Å². The van der Waals surface area contributed by atoms with Crippen molar-refractivity contribution in [1.29, 1.82) is 0 Å². The molecule has 1 aromatic rings. The number of hydrazine groups is 1. The van der Waals surface area contributed by atoms with Crippen molar-refractivity contribution in [2.45, 2.75) is 24.3 Å². The third-order valence-corrected chi connectivity index (χ3v) is 8.40. The molecule has 4 aliphatic rings. The van der Waals surface area contributed by atoms with Crippen molar-refractivity contribution in [3.8, 4) is 0 Å². The molecule has 0 radical (unpaired) electrons. The van der Waals surface area contributed by atoms with Crippen molar-refractivity contribution in [3.05, 3.63) is 46.6 Å². The van der Waals surface area contributed by atoms with Gasteiger partial charge in [0.1, 0.15) is 41.6 Å². The van der Waals surface area contributed by atoms with Crippen LogP contribution in [0.15, 0.2) is 51.1 Å². The Morgan fingerprint density at radius 2 is 2.20 bits per heavy atom. The number of carbonyl (C=O) groups excluding carboxylic acids is 2. The van der Waals surface area contributed by atoms with Crippen LogP contribution in [0.2, 0.25) is 0 Å². The lowest BCUT2D eigenvalue weighted by Gasteiger charge is -2.49. The Morgan fingerprint density at radius 1 is 1.38 bits per heavy atom. The highest BCUT2D eigenvalue weighted by atomic mass is 32.2. The Kier molecular flexibility index (Phi) is 7.95. The number of aliphatic carboxylic acids is 1. The molecule has 5 rings (SSSR count). The number of hydrogen-bond donors (Lipinski definition) is 5. The fourth-order valence-corrected chi connectivity index (χ4v) is 6.46. The third-order valence-electron chi connectivity index (χ3n) is 6.39. The molecule has 4 aliphatic heterocycles. The Hall–Kier alpha value is -4.09. The number of thioether (sulfide) groups is 1. The number of rotatable bonds is 10. The van der Waals surface area contributed by atoms with Crippen molar-refractivity contribution in [2.24, 2.45) is 15.9 Å². The van der Waals surface area contributed by atoms with E-state index in [2.05, 4.69) is 25.9 Å². The van der Waals surface area contributed by atoms with E-state index in [1.807, 2.05) is 28.4 Å². The number of amides is 2. The number of hydrogen-bond acceptors (Lipinski definition) is 13. The number of thiazole rings is 1. The summed E-state index contributed by atoms with van der Waals surface area (Å²) in [6.07, 6.45) is 7.08. The summed E-state index contributed by atoms with van der Waals surface area (Å²) in [7, 11) is 1.28. The molecule has 2 atom stereocenters. The van der Waals surface area contributed by atoms with Gasteiger partial charge in [-0.25, -0.2) is 14.8 Å². The van der Waals surface area contributed by atoms with Gasteiger partial charge in [-0.2, -0.15) is 0 Å². The molecule has 2 amide bonds. The Balaban J connectivity index is 1.28. The van der Waals surface area contributed by atoms with Gasteiger partial charge in [0.2, 0.25) is 0 Å². The lowest BCUT2D eigenvalue weighted by atomic mass is 10.0. The van der Waals surface area contributed by atoms with Crippen LogP contribution in [0.3, 0.4) is 0 Å². The van der Waals surface area contributed by atoms with Gasteiger partial charge in [-0.1, -0.05) is 5.16 Å². The van der Waals surface area contributed by atoms with E-state index < -0.39 is 29.2 Å². The number of carboxylic acid groups (broad SMARTS) is 1. The van der Waals surface area contributed by atoms with Gasteiger partial charge in [0.15, 0.2) is 10.8 Å². The van der Waals surface area contributed by atoms with Gasteiger partial charge in [-0.05, 0) is 24.6 Å². The third kappa shape index (κ3) is 5.22. The minimum Gasteiger partial charge on any atom is -0.477 e. The Labute approximate surface area is 237 Å². The van der Waals surface area contributed by atoms with E-state index in [9.17, 15) is 19.5 Å². The highest BCUT2D eigenvalue weighted by Crippen LogP contribution is 2.41. The Morgan fingerprint density at radius 3 is 2.90 bits per heavy atom. The first kappa shape index (κ1) is 27.5. The van der Waals surface area contributed by atoms with E-state index in [0.29, 0.717) is 30.8 Å². The summed E-state index contributed by atoms with van der Waals surface area (Å²) in [5.74, 6) is -0.381. The number of nitrogens with two attached hydrogens (primary N) is 2. The van der Waals surface area contributed by atoms with Crippen LogP contribution in [-0.2, 0) is 19.2 Å². The molecule has 15 nitrogen and oxygen atoms in total. The number of anilines is 1. The average Bonchev–Trinajstić information content (AvgIpc) is 3.55. The number of oxime groups is 1. The number of nitrogen functional groups attached to an aromatic ring is 1. The second-order valence-electron chi connectivity index (χ2n) is 8.96. The van der Waals surface area contributed by atoms with Crippen LogP contribution in [0.5, 0.6) is 0 Å². The molecule has 0 unspecified atom stereocenters. The summed E-state index contributed by atoms with van der Waals surface area (Å²) in [5.41, 5.74) is 15.0. The molecule has 1 saturated heterocycles. The zero-order valence-corrected chi connectivity index (χ0v) is 23.1. The van der Waals surface area contributed by atoms with Crippen LogP contribution >= 0.6 is 23.1 Å². The van der Waals surface area contributed by atoms with Gasteiger partial charge in [-0.15, -0.1) is 23.1 Å². The number of carboxylic acids is 1. The lowest BCUT2D eigenvalue weighted by Crippen LogP contribution is -2.71. The van der Waals surface area contributed by atoms with E-state index in [0.717, 1.165) is 29.4 Å². The van der Waals surface area contributed by atoms with Crippen LogP contribution < -0.4 is 22.2 Å². The van der Waals surface area contributed by atoms with E-state index in [-0.39, 0.29) is 28.8 Å². The zero-order valence-electron chi connectivity index (χ0n) is 21.4. The summed E-state index contributed by atoms with van der Waals surface area (Å²) < 4.78 is 0. The molecule has 0 bridgehead atoms. The maximum absolute atomic E-state index is 13.1. The predicted molar refractivity (Wildman–Crippen MR) is 149 cm³/mol. The molecule has 40 heavy (non-hydrogen) atoms. The first-order valence-corrected chi connectivity index (χ1v) is 14.2. The van der Waals surface area contributed by atoms with Crippen molar-refractivity contribution >= 4 is 57.6 Å². The van der Waals surface area contributed by atoms with E-state index in [1.165, 1.54) is 23.8 Å². The van der Waals surface area contributed by atoms with Crippen molar-refractivity contribution in [2.75, 3.05) is 38.2 Å². The molecule has 1 aromatic heterocycles. The quantitative estimate of drug-likeness (QED) is 0.101. The fourth-order valence-electron chi connectivity index (χ4n) is 4.57. The first-order valence-electron chi connectivity index (χ1n) is 12.3. The van der Waals surface area contributed by atoms with Gasteiger partial charge < -0.3 is 31.6 Å². The number of amidine groups is 1. The molecule has 5 heterocycles. The van der Waals surface area contributed by atoms with Crippen molar-refractivity contribution in [3.63, 3.8) is 0 Å². The van der Waals surface area contributed by atoms with Gasteiger partial charge >= 0.3 is 5.97 Å². The van der Waals surface area contributed by atoms with E-state index >= 15 is 0 Å². The fraction of sp³-hybridized carbons (Fsp3) is 0.391. The first-order chi connectivity index (χ1) is 19.3. The SMILES string of the molecule is CON=C(C(=O)N[C@H]1C(=O)N2C(C(=O)O)=C(CN3C=CN4NC(=NCCCN)CC=C34)CS[C@@H]12)c1csc(N)n1. The summed E-state index contributed by atoms with van der Waals surface area (Å²) in [6.45, 7) is 1.49. The lowest BCUT2D eigenvalue weighted by molar-refractivity contribution is -0.150. The highest BCUT2D eigenvalue weighted by molar-refractivity contribution is 8.00. The molecular formula is C23H28N10O5S2. The number of aliphatic imine (C=N–C) groups is 1. The van der Waals surface area contributed by atoms with Gasteiger partial charge in [0.25, 0.3) is 11.8 Å². The summed E-state index contributed by atoms with van der Waals surface area (Å²) >= 11 is 2.51. The predicted octanol–water partition coefficient (Wildman–Crippen LogP) is -0.600. The number of nitrogens with zero attached hydrogens (tertiary/aromatic N) is 6. The molecular weight excluding hydrogens is 560 g/mol. The highest BCUT2D eigenvalue weighted by Gasteiger charge is 2.54. The van der Waals surface area contributed by atoms with Crippen molar-refractivity contribution in [1.82, 2.24) is 30.5 Å². The number of β-lactam (4-membered cyclic amide) rings is 1. The van der Waals surface area contributed by atoms with Crippen LogP contribution in [-0.4, -0.2) is 98.1 Å².